The Morgan fingerprint density at radius 1 is 0.742 bits per heavy atom. The summed E-state index contributed by atoms with van der Waals surface area (Å²) in [4.78, 5) is 4.78. The van der Waals surface area contributed by atoms with Crippen molar-refractivity contribution in [1.82, 2.24) is 9.80 Å². The highest BCUT2D eigenvalue weighted by molar-refractivity contribution is 6.67. The second-order valence-corrected chi connectivity index (χ2v) is 14.9. The molecule has 0 amide bonds. The molecule has 0 rings (SSSR count). The van der Waals surface area contributed by atoms with Crippen molar-refractivity contribution < 1.29 is 31.0 Å². The van der Waals surface area contributed by atoms with E-state index in [9.17, 15) is 0 Å². The molecule has 0 saturated heterocycles. The molecule has 0 N–H and O–H groups in total. The highest BCUT2D eigenvalue weighted by Gasteiger charge is 2.34. The van der Waals surface area contributed by atoms with Crippen molar-refractivity contribution in [2.75, 3.05) is 77.0 Å². The Hall–Kier alpha value is 0.248. The maximum absolute atomic E-state index is 5.51. The highest BCUT2D eigenvalue weighted by Crippen LogP contribution is 2.11. The molecule has 31 heavy (non-hydrogen) atoms. The third kappa shape index (κ3) is 12.3. The normalized spacial score (nSPS) is 13.2. The molecule has 182 valence electrons. The SMILES string of the molecule is CO[Si](CCCN(C)C([Si]C=C[Si](OC)(OC)OC)N(C)CCC[Si](OC)OC)OC. The van der Waals surface area contributed by atoms with Crippen LogP contribution in [0.15, 0.2) is 11.4 Å². The molecule has 0 heterocycles. The number of hydrogen-bond acceptors (Lipinski definition) is 9. The van der Waals surface area contributed by atoms with E-state index in [1.165, 1.54) is 0 Å². The quantitative estimate of drug-likeness (QED) is 0.177. The van der Waals surface area contributed by atoms with Crippen molar-refractivity contribution in [2.45, 2.75) is 30.7 Å². The van der Waals surface area contributed by atoms with Gasteiger partial charge in [-0.2, -0.15) is 0 Å². The molecule has 0 aromatic heterocycles. The molecule has 0 aliphatic heterocycles. The lowest BCUT2D eigenvalue weighted by Gasteiger charge is -2.35. The third-order valence-corrected chi connectivity index (χ3v) is 12.4. The summed E-state index contributed by atoms with van der Waals surface area (Å²) < 4.78 is 38.2. The fourth-order valence-electron chi connectivity index (χ4n) is 3.05. The molecule has 0 aromatic carbocycles. The van der Waals surface area contributed by atoms with E-state index in [-0.39, 0.29) is 5.79 Å². The molecule has 4 radical (unpaired) electrons. The van der Waals surface area contributed by atoms with Crippen molar-refractivity contribution in [3.8, 4) is 0 Å². The minimum absolute atomic E-state index is 0.259. The van der Waals surface area contributed by atoms with Gasteiger partial charge in [0.2, 0.25) is 0 Å². The molecule has 0 unspecified atom stereocenters. The average molecular weight is 511 g/mol. The van der Waals surface area contributed by atoms with Crippen LogP contribution in [0.3, 0.4) is 0 Å². The van der Waals surface area contributed by atoms with Crippen LogP contribution in [0, 0.1) is 0 Å². The van der Waals surface area contributed by atoms with E-state index in [1.54, 1.807) is 49.8 Å². The van der Waals surface area contributed by atoms with Crippen LogP contribution in [0.4, 0.5) is 0 Å². The number of rotatable bonds is 20. The zero-order chi connectivity index (χ0) is 23.7. The fourth-order valence-corrected chi connectivity index (χ4v) is 8.14. The van der Waals surface area contributed by atoms with Gasteiger partial charge in [-0.15, -0.1) is 0 Å². The van der Waals surface area contributed by atoms with E-state index >= 15 is 0 Å². The molecule has 0 saturated carbocycles. The van der Waals surface area contributed by atoms with Crippen molar-refractivity contribution in [3.63, 3.8) is 0 Å². The number of hydrogen-bond donors (Lipinski definition) is 0. The third-order valence-electron chi connectivity index (χ3n) is 4.92. The largest absolute Gasteiger partial charge is 0.528 e. The Morgan fingerprint density at radius 3 is 1.45 bits per heavy atom. The van der Waals surface area contributed by atoms with E-state index in [1.807, 2.05) is 5.70 Å². The summed E-state index contributed by atoms with van der Waals surface area (Å²) in [5.41, 5.74) is 4.10. The zero-order valence-corrected chi connectivity index (χ0v) is 24.7. The molecule has 0 aliphatic rings. The summed E-state index contributed by atoms with van der Waals surface area (Å²) in [6.45, 7) is 1.92. The van der Waals surface area contributed by atoms with Gasteiger partial charge < -0.3 is 31.0 Å². The smallest absolute Gasteiger partial charge is 0.397 e. The fraction of sp³-hybridized carbons (Fsp3) is 0.889. The van der Waals surface area contributed by atoms with Gasteiger partial charge in [-0.3, -0.25) is 9.80 Å². The van der Waals surface area contributed by atoms with Gasteiger partial charge in [0.25, 0.3) is 0 Å². The lowest BCUT2D eigenvalue weighted by molar-refractivity contribution is 0.138. The molecular formula is C18H42N2O7Si4. The highest BCUT2D eigenvalue weighted by atomic mass is 28.4. The van der Waals surface area contributed by atoms with Crippen LogP contribution in [0.25, 0.3) is 0 Å². The van der Waals surface area contributed by atoms with E-state index in [0.29, 0.717) is 9.52 Å². The van der Waals surface area contributed by atoms with Gasteiger partial charge in [0.05, 0.1) is 5.79 Å². The monoisotopic (exact) mass is 510 g/mol. The Labute approximate surface area is 196 Å². The molecule has 0 bridgehead atoms. The molecule has 9 nitrogen and oxygen atoms in total. The van der Waals surface area contributed by atoms with Crippen LogP contribution in [-0.2, 0) is 31.0 Å². The standard InChI is InChI=1S/C18H42N2O7Si4/c1-19(12-10-15-29(21-3)22-4)18(20(2)13-11-16-30(23-5)24-6)28-14-17-31(25-7,26-8)27-9/h14,17-18H,10-13,15-16H2,1-9H3. The van der Waals surface area contributed by atoms with Gasteiger partial charge in [-0.05, 0) is 57.8 Å². The Balaban J connectivity index is 5.04. The summed E-state index contributed by atoms with van der Waals surface area (Å²) in [5.74, 6) is 0.259. The van der Waals surface area contributed by atoms with Crippen molar-refractivity contribution >= 4 is 36.9 Å². The van der Waals surface area contributed by atoms with Gasteiger partial charge in [0.1, 0.15) is 9.52 Å². The van der Waals surface area contributed by atoms with Crippen LogP contribution in [0.2, 0.25) is 12.1 Å². The predicted molar refractivity (Wildman–Crippen MR) is 129 cm³/mol. The van der Waals surface area contributed by atoms with E-state index in [2.05, 4.69) is 29.6 Å². The Morgan fingerprint density at radius 2 is 1.13 bits per heavy atom. The molecule has 0 aromatic rings. The zero-order valence-electron chi connectivity index (χ0n) is 20.7. The number of nitrogens with zero attached hydrogens (tertiary/aromatic N) is 2. The summed E-state index contributed by atoms with van der Waals surface area (Å²) in [6, 6.07) is 1.91. The summed E-state index contributed by atoms with van der Waals surface area (Å²) in [6.07, 6.45) is 2.05. The predicted octanol–water partition coefficient (Wildman–Crippen LogP) is 1.11. The minimum Gasteiger partial charge on any atom is -0.397 e. The lowest BCUT2D eigenvalue weighted by atomic mass is 10.4. The first-order valence-electron chi connectivity index (χ1n) is 10.2. The average Bonchev–Trinajstić information content (AvgIpc) is 2.80. The van der Waals surface area contributed by atoms with Gasteiger partial charge in [-0.1, -0.05) is 5.70 Å². The second-order valence-electron chi connectivity index (χ2n) is 6.82. The molecule has 0 aliphatic carbocycles. The van der Waals surface area contributed by atoms with Gasteiger partial charge in [0, 0.05) is 49.8 Å². The van der Waals surface area contributed by atoms with Crippen LogP contribution in [0.1, 0.15) is 12.8 Å². The molecule has 0 atom stereocenters. The Kier molecular flexibility index (Phi) is 18.8. The van der Waals surface area contributed by atoms with E-state index < -0.39 is 27.4 Å². The maximum atomic E-state index is 5.51. The first-order valence-corrected chi connectivity index (χ1v) is 16.2. The van der Waals surface area contributed by atoms with Crippen molar-refractivity contribution in [1.29, 1.82) is 0 Å². The first-order chi connectivity index (χ1) is 14.9. The molecule has 0 spiro atoms. The lowest BCUT2D eigenvalue weighted by Crippen LogP contribution is -2.49. The molecular weight excluding hydrogens is 469 g/mol. The van der Waals surface area contributed by atoms with Crippen LogP contribution in [-0.4, -0.2) is 129 Å². The van der Waals surface area contributed by atoms with Gasteiger partial charge in [-0.25, -0.2) is 0 Å². The van der Waals surface area contributed by atoms with Crippen molar-refractivity contribution in [2.24, 2.45) is 0 Å². The first kappa shape index (κ1) is 31.2. The van der Waals surface area contributed by atoms with Crippen molar-refractivity contribution in [3.05, 3.63) is 11.4 Å². The summed E-state index contributed by atoms with van der Waals surface area (Å²) in [5, 5.41) is 0. The second kappa shape index (κ2) is 18.6. The van der Waals surface area contributed by atoms with Crippen LogP contribution < -0.4 is 0 Å². The Bertz CT molecular complexity index is 424. The topological polar surface area (TPSA) is 71.1 Å². The van der Waals surface area contributed by atoms with E-state index in [4.69, 9.17) is 31.0 Å². The van der Waals surface area contributed by atoms with E-state index in [0.717, 1.165) is 38.0 Å². The minimum atomic E-state index is -2.72. The summed E-state index contributed by atoms with van der Waals surface area (Å²) >= 11 is 0. The van der Waals surface area contributed by atoms with Gasteiger partial charge >= 0.3 is 27.4 Å². The van der Waals surface area contributed by atoms with Crippen LogP contribution in [0.5, 0.6) is 0 Å². The van der Waals surface area contributed by atoms with Crippen LogP contribution >= 0.6 is 0 Å². The van der Waals surface area contributed by atoms with Gasteiger partial charge in [0.15, 0.2) is 0 Å². The molecule has 0 fully saturated rings. The molecule has 13 heteroatoms. The summed E-state index contributed by atoms with van der Waals surface area (Å²) in [7, 11) is 11.6. The maximum Gasteiger partial charge on any atom is 0.528 e.